The van der Waals surface area contributed by atoms with Crippen LogP contribution in [0.25, 0.3) is 21.3 Å². The average molecular weight is 424 g/mol. The Hall–Kier alpha value is -2.89. The zero-order valence-corrected chi connectivity index (χ0v) is 17.3. The van der Waals surface area contributed by atoms with Crippen LogP contribution in [-0.4, -0.2) is 17.1 Å². The maximum Gasteiger partial charge on any atom is 0.349 e. The number of nitrogens with zero attached hydrogens (tertiary/aromatic N) is 1. The lowest BCUT2D eigenvalue weighted by molar-refractivity contribution is 0.0533. The molecule has 0 amide bonds. The molecule has 0 radical (unpaired) electrons. The molecule has 4 aromatic rings. The van der Waals surface area contributed by atoms with Gasteiger partial charge in [-0.15, -0.1) is 11.3 Å². The van der Waals surface area contributed by atoms with Gasteiger partial charge in [0, 0.05) is 22.0 Å². The van der Waals surface area contributed by atoms with E-state index in [0.717, 1.165) is 26.9 Å². The Kier molecular flexibility index (Phi) is 5.51. The van der Waals surface area contributed by atoms with Crippen LogP contribution in [0, 0.1) is 0 Å². The van der Waals surface area contributed by atoms with Crippen molar-refractivity contribution in [2.24, 2.45) is 0 Å². The molecule has 6 heteroatoms. The first-order valence-corrected chi connectivity index (χ1v) is 10.4. The maximum absolute atomic E-state index is 12.7. The predicted octanol–water partition coefficient (Wildman–Crippen LogP) is 5.61. The van der Waals surface area contributed by atoms with Crippen LogP contribution in [0.3, 0.4) is 0 Å². The molecule has 0 bridgehead atoms. The van der Waals surface area contributed by atoms with E-state index in [-0.39, 0.29) is 18.1 Å². The molecule has 146 valence electrons. The number of fused-ring (bicyclic) bond motifs is 1. The molecule has 0 atom stereocenters. The first-order chi connectivity index (χ1) is 14.1. The van der Waals surface area contributed by atoms with Gasteiger partial charge in [0.25, 0.3) is 5.56 Å². The third kappa shape index (κ3) is 3.84. The van der Waals surface area contributed by atoms with Crippen molar-refractivity contribution in [3.8, 4) is 11.1 Å². The summed E-state index contributed by atoms with van der Waals surface area (Å²) >= 11 is 7.40. The van der Waals surface area contributed by atoms with E-state index in [4.69, 9.17) is 16.3 Å². The average Bonchev–Trinajstić information content (AvgIpc) is 3.11. The maximum atomic E-state index is 12.7. The number of hydrogen-bond acceptors (Lipinski definition) is 4. The molecule has 2 aromatic heterocycles. The number of rotatable bonds is 5. The molecule has 0 saturated heterocycles. The minimum Gasteiger partial charge on any atom is -0.462 e. The van der Waals surface area contributed by atoms with E-state index in [9.17, 15) is 9.59 Å². The summed E-state index contributed by atoms with van der Waals surface area (Å²) < 4.78 is 6.97. The van der Waals surface area contributed by atoms with Crippen LogP contribution in [-0.2, 0) is 11.3 Å². The molecule has 0 aliphatic rings. The normalized spacial score (nSPS) is 11.0. The Morgan fingerprint density at radius 2 is 1.86 bits per heavy atom. The van der Waals surface area contributed by atoms with Gasteiger partial charge in [0.05, 0.1) is 13.2 Å². The van der Waals surface area contributed by atoms with Gasteiger partial charge in [0.15, 0.2) is 0 Å². The first kappa shape index (κ1) is 19.4. The van der Waals surface area contributed by atoms with Crippen molar-refractivity contribution in [2.75, 3.05) is 6.61 Å². The molecule has 0 N–H and O–H groups in total. The highest BCUT2D eigenvalue weighted by Gasteiger charge is 2.23. The lowest BCUT2D eigenvalue weighted by Crippen LogP contribution is -2.19. The number of thiophene rings is 1. The second-order valence-electron chi connectivity index (χ2n) is 6.50. The van der Waals surface area contributed by atoms with Crippen molar-refractivity contribution in [2.45, 2.75) is 13.5 Å². The third-order valence-corrected chi connectivity index (χ3v) is 6.03. The Morgan fingerprint density at radius 1 is 1.07 bits per heavy atom. The molecule has 0 aliphatic carbocycles. The van der Waals surface area contributed by atoms with E-state index < -0.39 is 0 Å². The van der Waals surface area contributed by atoms with Crippen LogP contribution in [0.5, 0.6) is 0 Å². The molecule has 0 aliphatic heterocycles. The van der Waals surface area contributed by atoms with Crippen LogP contribution in [0.4, 0.5) is 0 Å². The molecule has 2 heterocycles. The summed E-state index contributed by atoms with van der Waals surface area (Å²) in [7, 11) is 0. The number of esters is 1. The second-order valence-corrected chi connectivity index (χ2v) is 7.93. The lowest BCUT2D eigenvalue weighted by Gasteiger charge is -2.08. The van der Waals surface area contributed by atoms with Crippen LogP contribution in [0.15, 0.2) is 71.5 Å². The molecule has 4 rings (SSSR count). The fourth-order valence-corrected chi connectivity index (χ4v) is 4.75. The standard InChI is InChI=1S/C23H18ClNO3S/c1-2-28-23(27)21-20(16-8-4-3-5-9-16)18-11-12-19(26)25(22(18)29-21)14-15-7-6-10-17(24)13-15/h3-13H,2,14H2,1H3. The summed E-state index contributed by atoms with van der Waals surface area (Å²) in [5, 5.41) is 1.47. The van der Waals surface area contributed by atoms with Gasteiger partial charge in [-0.25, -0.2) is 4.79 Å². The van der Waals surface area contributed by atoms with Crippen molar-refractivity contribution >= 4 is 39.1 Å². The number of carbonyl (C=O) groups excluding carboxylic acids is 1. The summed E-state index contributed by atoms with van der Waals surface area (Å²) in [5.41, 5.74) is 2.49. The van der Waals surface area contributed by atoms with Gasteiger partial charge in [-0.1, -0.05) is 54.1 Å². The summed E-state index contributed by atoms with van der Waals surface area (Å²) in [4.78, 5) is 26.6. The number of halogens is 1. The van der Waals surface area contributed by atoms with Crippen LogP contribution >= 0.6 is 22.9 Å². The van der Waals surface area contributed by atoms with E-state index in [1.807, 2.05) is 48.5 Å². The number of benzene rings is 2. The van der Waals surface area contributed by atoms with Crippen molar-refractivity contribution in [3.63, 3.8) is 0 Å². The largest absolute Gasteiger partial charge is 0.462 e. The van der Waals surface area contributed by atoms with Crippen LogP contribution in [0.1, 0.15) is 22.2 Å². The van der Waals surface area contributed by atoms with E-state index >= 15 is 0 Å². The smallest absolute Gasteiger partial charge is 0.349 e. The zero-order chi connectivity index (χ0) is 20.4. The Bertz CT molecular complexity index is 1240. The molecule has 29 heavy (non-hydrogen) atoms. The van der Waals surface area contributed by atoms with Gasteiger partial charge in [0.1, 0.15) is 9.71 Å². The zero-order valence-electron chi connectivity index (χ0n) is 15.7. The highest BCUT2D eigenvalue weighted by atomic mass is 35.5. The molecule has 2 aromatic carbocycles. The second kappa shape index (κ2) is 8.23. The predicted molar refractivity (Wildman–Crippen MR) is 118 cm³/mol. The SMILES string of the molecule is CCOC(=O)c1sc2c(ccc(=O)n2Cc2cccc(Cl)c2)c1-c1ccccc1. The van der Waals surface area contributed by atoms with Gasteiger partial charge < -0.3 is 4.74 Å². The van der Waals surface area contributed by atoms with E-state index in [2.05, 4.69) is 0 Å². The molecular formula is C23H18ClNO3S. The highest BCUT2D eigenvalue weighted by Crippen LogP contribution is 2.38. The van der Waals surface area contributed by atoms with E-state index in [1.165, 1.54) is 11.3 Å². The monoisotopic (exact) mass is 423 g/mol. The number of hydrogen-bond donors (Lipinski definition) is 0. The van der Waals surface area contributed by atoms with Crippen LogP contribution in [0.2, 0.25) is 5.02 Å². The van der Waals surface area contributed by atoms with E-state index in [1.54, 1.807) is 29.7 Å². The highest BCUT2D eigenvalue weighted by molar-refractivity contribution is 7.21. The minimum absolute atomic E-state index is 0.131. The molecule has 0 fully saturated rings. The van der Waals surface area contributed by atoms with Crippen molar-refractivity contribution in [1.82, 2.24) is 4.57 Å². The summed E-state index contributed by atoms with van der Waals surface area (Å²) in [6.45, 7) is 2.44. The van der Waals surface area contributed by atoms with Gasteiger partial charge in [-0.3, -0.25) is 9.36 Å². The summed E-state index contributed by atoms with van der Waals surface area (Å²) in [6.07, 6.45) is 0. The molecule has 0 spiro atoms. The van der Waals surface area contributed by atoms with Crippen molar-refractivity contribution < 1.29 is 9.53 Å². The summed E-state index contributed by atoms with van der Waals surface area (Å²) in [6, 6.07) is 20.4. The van der Waals surface area contributed by atoms with Crippen molar-refractivity contribution in [3.05, 3.63) is 92.5 Å². The molecular weight excluding hydrogens is 406 g/mol. The van der Waals surface area contributed by atoms with Gasteiger partial charge in [0.2, 0.25) is 0 Å². The molecule has 4 nitrogen and oxygen atoms in total. The Labute approximate surface area is 176 Å². The molecule has 0 unspecified atom stereocenters. The number of aromatic nitrogens is 1. The minimum atomic E-state index is -0.380. The fourth-order valence-electron chi connectivity index (χ4n) is 3.33. The van der Waals surface area contributed by atoms with Crippen LogP contribution < -0.4 is 5.56 Å². The lowest BCUT2D eigenvalue weighted by atomic mass is 10.0. The summed E-state index contributed by atoms with van der Waals surface area (Å²) in [5.74, 6) is -0.380. The van der Waals surface area contributed by atoms with Gasteiger partial charge >= 0.3 is 5.97 Å². The first-order valence-electron chi connectivity index (χ1n) is 9.22. The fraction of sp³-hybridized carbons (Fsp3) is 0.130. The topological polar surface area (TPSA) is 48.3 Å². The quantitative estimate of drug-likeness (QED) is 0.392. The third-order valence-electron chi connectivity index (χ3n) is 4.58. The van der Waals surface area contributed by atoms with Crippen molar-refractivity contribution in [1.29, 1.82) is 0 Å². The number of ether oxygens (including phenoxy) is 1. The van der Waals surface area contributed by atoms with Gasteiger partial charge in [-0.2, -0.15) is 0 Å². The number of carbonyl (C=O) groups is 1. The number of pyridine rings is 1. The Balaban J connectivity index is 1.95. The molecule has 0 saturated carbocycles. The van der Waals surface area contributed by atoms with Gasteiger partial charge in [-0.05, 0) is 36.2 Å². The van der Waals surface area contributed by atoms with E-state index in [0.29, 0.717) is 16.4 Å². The Morgan fingerprint density at radius 3 is 2.59 bits per heavy atom.